The predicted octanol–water partition coefficient (Wildman–Crippen LogP) is 4.64. The lowest BCUT2D eigenvalue weighted by atomic mass is 10.1. The summed E-state index contributed by atoms with van der Waals surface area (Å²) in [4.78, 5) is 21.9. The van der Waals surface area contributed by atoms with Crippen LogP contribution in [0.3, 0.4) is 0 Å². The molecule has 0 aliphatic rings. The van der Waals surface area contributed by atoms with E-state index in [0.717, 1.165) is 20.3 Å². The highest BCUT2D eigenvalue weighted by Gasteiger charge is 2.13. The lowest BCUT2D eigenvalue weighted by Gasteiger charge is -2.08. The molecule has 0 spiro atoms. The van der Waals surface area contributed by atoms with Crippen LogP contribution in [0.1, 0.15) is 10.4 Å². The maximum Gasteiger partial charge on any atom is 0.257 e. The van der Waals surface area contributed by atoms with Gasteiger partial charge in [0.15, 0.2) is 0 Å². The molecule has 1 amide bonds. The lowest BCUT2D eigenvalue weighted by molar-refractivity contribution is 0.102. The lowest BCUT2D eigenvalue weighted by Crippen LogP contribution is -2.13. The molecule has 0 fully saturated rings. The van der Waals surface area contributed by atoms with Gasteiger partial charge in [-0.3, -0.25) is 4.79 Å². The Labute approximate surface area is 152 Å². The minimum atomic E-state index is -0.189. The van der Waals surface area contributed by atoms with Crippen molar-refractivity contribution in [2.45, 2.75) is 0 Å². The number of nitrogens with zero attached hydrogens (tertiary/aromatic N) is 2. The first-order valence-electron chi connectivity index (χ1n) is 7.43. The number of benzene rings is 3. The van der Waals surface area contributed by atoms with Gasteiger partial charge in [-0.25, -0.2) is 9.97 Å². The summed E-state index contributed by atoms with van der Waals surface area (Å²) in [5.41, 5.74) is 4.19. The summed E-state index contributed by atoms with van der Waals surface area (Å²) in [6, 6.07) is 20.8. The minimum Gasteiger partial charge on any atom is -0.322 e. The highest BCUT2D eigenvalue weighted by Crippen LogP contribution is 2.20. The summed E-state index contributed by atoms with van der Waals surface area (Å²) in [5.74, 6) is -0.189. The van der Waals surface area contributed by atoms with Crippen molar-refractivity contribution in [1.82, 2.24) is 9.97 Å². The van der Waals surface area contributed by atoms with E-state index in [2.05, 4.69) is 37.9 Å². The number of fused-ring (bicyclic) bond motifs is 2. The van der Waals surface area contributed by atoms with Crippen LogP contribution in [0, 0.1) is 3.57 Å². The van der Waals surface area contributed by atoms with Crippen LogP contribution in [0.2, 0.25) is 0 Å². The van der Waals surface area contributed by atoms with E-state index in [-0.39, 0.29) is 5.91 Å². The molecule has 0 atom stereocenters. The SMILES string of the molecule is O=C(Nc1ccc(I)cc1)c1cccc2nc3ccccc3nc12. The van der Waals surface area contributed by atoms with Crippen molar-refractivity contribution in [3.05, 3.63) is 75.9 Å². The van der Waals surface area contributed by atoms with Gasteiger partial charge < -0.3 is 5.32 Å². The van der Waals surface area contributed by atoms with Crippen LogP contribution in [-0.2, 0) is 0 Å². The Balaban J connectivity index is 1.79. The Bertz CT molecular complexity index is 1060. The zero-order chi connectivity index (χ0) is 16.5. The number of rotatable bonds is 2. The van der Waals surface area contributed by atoms with Crippen molar-refractivity contribution in [1.29, 1.82) is 0 Å². The second-order valence-electron chi connectivity index (χ2n) is 5.35. The number of halogens is 1. The first-order chi connectivity index (χ1) is 11.7. The Morgan fingerprint density at radius 2 is 1.46 bits per heavy atom. The van der Waals surface area contributed by atoms with Crippen LogP contribution in [0.5, 0.6) is 0 Å². The molecule has 4 rings (SSSR count). The molecule has 0 radical (unpaired) electrons. The summed E-state index contributed by atoms with van der Waals surface area (Å²) in [6.45, 7) is 0. The Morgan fingerprint density at radius 1 is 0.792 bits per heavy atom. The highest BCUT2D eigenvalue weighted by molar-refractivity contribution is 14.1. The molecule has 0 saturated heterocycles. The Morgan fingerprint density at radius 3 is 2.21 bits per heavy atom. The third kappa shape index (κ3) is 2.82. The number of para-hydroxylation sites is 3. The van der Waals surface area contributed by atoms with E-state index < -0.39 is 0 Å². The van der Waals surface area contributed by atoms with Crippen LogP contribution in [0.15, 0.2) is 66.7 Å². The van der Waals surface area contributed by atoms with Gasteiger partial charge in [-0.2, -0.15) is 0 Å². The van der Waals surface area contributed by atoms with E-state index in [0.29, 0.717) is 16.6 Å². The van der Waals surface area contributed by atoms with Crippen LogP contribution in [0.4, 0.5) is 5.69 Å². The average Bonchev–Trinajstić information content (AvgIpc) is 2.61. The number of nitrogens with one attached hydrogen (secondary N) is 1. The molecule has 4 aromatic rings. The number of carbonyl (C=O) groups excluding carboxylic acids is 1. The zero-order valence-corrected chi connectivity index (χ0v) is 14.7. The van der Waals surface area contributed by atoms with E-state index in [1.54, 1.807) is 6.07 Å². The Hall–Kier alpha value is -2.54. The number of hydrogen-bond acceptors (Lipinski definition) is 3. The molecule has 5 heteroatoms. The zero-order valence-electron chi connectivity index (χ0n) is 12.5. The third-order valence-corrected chi connectivity index (χ3v) is 4.44. The minimum absolute atomic E-state index is 0.189. The standard InChI is InChI=1S/C19H12IN3O/c20-12-8-10-13(11-9-12)21-19(24)14-4-3-7-17-18(14)23-16-6-2-1-5-15(16)22-17/h1-11H,(H,21,24). The van der Waals surface area contributed by atoms with Gasteiger partial charge in [-0.15, -0.1) is 0 Å². The van der Waals surface area contributed by atoms with E-state index in [4.69, 9.17) is 0 Å². The van der Waals surface area contributed by atoms with Gasteiger partial charge in [-0.05, 0) is 71.1 Å². The van der Waals surface area contributed by atoms with Crippen LogP contribution in [-0.4, -0.2) is 15.9 Å². The topological polar surface area (TPSA) is 54.9 Å². The maximum atomic E-state index is 12.7. The fourth-order valence-electron chi connectivity index (χ4n) is 2.56. The number of carbonyl (C=O) groups is 1. The van der Waals surface area contributed by atoms with Crippen molar-refractivity contribution in [3.8, 4) is 0 Å². The third-order valence-electron chi connectivity index (χ3n) is 3.72. The van der Waals surface area contributed by atoms with Crippen molar-refractivity contribution >= 4 is 56.3 Å². The quantitative estimate of drug-likeness (QED) is 0.376. The molecule has 0 unspecified atom stereocenters. The Kier molecular flexibility index (Phi) is 3.86. The van der Waals surface area contributed by atoms with Crippen LogP contribution >= 0.6 is 22.6 Å². The smallest absolute Gasteiger partial charge is 0.257 e. The van der Waals surface area contributed by atoms with Crippen molar-refractivity contribution in [3.63, 3.8) is 0 Å². The number of anilines is 1. The van der Waals surface area contributed by atoms with Crippen LogP contribution in [0.25, 0.3) is 22.1 Å². The van der Waals surface area contributed by atoms with Gasteiger partial charge >= 0.3 is 0 Å². The molecule has 116 valence electrons. The van der Waals surface area contributed by atoms with Gasteiger partial charge in [0.1, 0.15) is 5.52 Å². The second-order valence-corrected chi connectivity index (χ2v) is 6.59. The van der Waals surface area contributed by atoms with E-state index in [1.165, 1.54) is 0 Å². The van der Waals surface area contributed by atoms with Gasteiger partial charge in [-0.1, -0.05) is 18.2 Å². The normalized spacial score (nSPS) is 10.9. The van der Waals surface area contributed by atoms with Gasteiger partial charge in [0.25, 0.3) is 5.91 Å². The number of amides is 1. The molecule has 0 aliphatic heterocycles. The van der Waals surface area contributed by atoms with Crippen LogP contribution < -0.4 is 5.32 Å². The molecule has 4 nitrogen and oxygen atoms in total. The fourth-order valence-corrected chi connectivity index (χ4v) is 2.92. The molecule has 1 aromatic heterocycles. The maximum absolute atomic E-state index is 12.7. The molecule has 24 heavy (non-hydrogen) atoms. The predicted molar refractivity (Wildman–Crippen MR) is 104 cm³/mol. The van der Waals surface area contributed by atoms with Gasteiger partial charge in [0.05, 0.1) is 22.1 Å². The van der Waals surface area contributed by atoms with Crippen molar-refractivity contribution in [2.24, 2.45) is 0 Å². The largest absolute Gasteiger partial charge is 0.322 e. The first kappa shape index (κ1) is 15.0. The summed E-state index contributed by atoms with van der Waals surface area (Å²) < 4.78 is 1.12. The fraction of sp³-hybridized carbons (Fsp3) is 0. The van der Waals surface area contributed by atoms with Gasteiger partial charge in [0.2, 0.25) is 0 Å². The molecule has 1 N–H and O–H groups in total. The highest BCUT2D eigenvalue weighted by atomic mass is 127. The molecular weight excluding hydrogens is 413 g/mol. The van der Waals surface area contributed by atoms with Crippen molar-refractivity contribution < 1.29 is 4.79 Å². The number of hydrogen-bond donors (Lipinski definition) is 1. The average molecular weight is 425 g/mol. The summed E-state index contributed by atoms with van der Waals surface area (Å²) >= 11 is 2.23. The molecule has 0 aliphatic carbocycles. The second kappa shape index (κ2) is 6.16. The van der Waals surface area contributed by atoms with E-state index in [1.807, 2.05) is 60.7 Å². The van der Waals surface area contributed by atoms with E-state index >= 15 is 0 Å². The summed E-state index contributed by atoms with van der Waals surface area (Å²) in [5, 5.41) is 2.92. The molecular formula is C19H12IN3O. The van der Waals surface area contributed by atoms with Crippen molar-refractivity contribution in [2.75, 3.05) is 5.32 Å². The van der Waals surface area contributed by atoms with E-state index in [9.17, 15) is 4.79 Å². The molecule has 1 heterocycles. The van der Waals surface area contributed by atoms with Gasteiger partial charge in [0, 0.05) is 9.26 Å². The summed E-state index contributed by atoms with van der Waals surface area (Å²) in [6.07, 6.45) is 0. The monoisotopic (exact) mass is 425 g/mol. The number of aromatic nitrogens is 2. The molecule has 0 saturated carbocycles. The summed E-state index contributed by atoms with van der Waals surface area (Å²) in [7, 11) is 0. The molecule has 0 bridgehead atoms. The first-order valence-corrected chi connectivity index (χ1v) is 8.51. The molecule has 3 aromatic carbocycles.